The second kappa shape index (κ2) is 5.15. The van der Waals surface area contributed by atoms with Crippen molar-refractivity contribution < 1.29 is 9.21 Å². The minimum Gasteiger partial charge on any atom is -0.408 e. The first kappa shape index (κ1) is 13.0. The Hall–Kier alpha value is -2.04. The first-order valence-electron chi connectivity index (χ1n) is 7.05. The van der Waals surface area contributed by atoms with Gasteiger partial charge < -0.3 is 9.73 Å². The minimum atomic E-state index is -0.412. The van der Waals surface area contributed by atoms with Crippen molar-refractivity contribution >= 4 is 17.0 Å². The number of nitrogens with one attached hydrogen (secondary N) is 1. The first-order chi connectivity index (χ1) is 9.65. The Morgan fingerprint density at radius 1 is 1.30 bits per heavy atom. The van der Waals surface area contributed by atoms with Crippen LogP contribution in [0.25, 0.3) is 11.1 Å². The lowest BCUT2D eigenvalue weighted by atomic mass is 9.95. The van der Waals surface area contributed by atoms with Crippen molar-refractivity contribution in [2.45, 2.75) is 38.1 Å². The quantitative estimate of drug-likeness (QED) is 0.913. The SMILES string of the molecule is Cn1c(=O)oc2cc(C(=O)NC3CCCCC3)ccc21. The molecule has 0 saturated heterocycles. The van der Waals surface area contributed by atoms with E-state index in [0.29, 0.717) is 16.7 Å². The van der Waals surface area contributed by atoms with Gasteiger partial charge in [-0.25, -0.2) is 4.79 Å². The van der Waals surface area contributed by atoms with Crippen molar-refractivity contribution in [2.24, 2.45) is 7.05 Å². The molecule has 1 aromatic carbocycles. The fourth-order valence-corrected chi connectivity index (χ4v) is 2.79. The van der Waals surface area contributed by atoms with Gasteiger partial charge in [-0.3, -0.25) is 9.36 Å². The topological polar surface area (TPSA) is 64.2 Å². The Morgan fingerprint density at radius 2 is 2.05 bits per heavy atom. The number of aryl methyl sites for hydroxylation is 1. The van der Waals surface area contributed by atoms with Crippen LogP contribution in [0.3, 0.4) is 0 Å². The van der Waals surface area contributed by atoms with Gasteiger partial charge in [0.25, 0.3) is 5.91 Å². The lowest BCUT2D eigenvalue weighted by molar-refractivity contribution is 0.0927. The molecule has 0 bridgehead atoms. The van der Waals surface area contributed by atoms with Crippen LogP contribution in [0.5, 0.6) is 0 Å². The van der Waals surface area contributed by atoms with Crippen molar-refractivity contribution in [2.75, 3.05) is 0 Å². The van der Waals surface area contributed by atoms with Gasteiger partial charge in [-0.2, -0.15) is 0 Å². The average Bonchev–Trinajstić information content (AvgIpc) is 2.74. The van der Waals surface area contributed by atoms with E-state index in [1.165, 1.54) is 23.8 Å². The molecule has 5 heteroatoms. The van der Waals surface area contributed by atoms with Gasteiger partial charge in [0.15, 0.2) is 5.58 Å². The number of amides is 1. The normalized spacial score (nSPS) is 16.4. The van der Waals surface area contributed by atoms with Gasteiger partial charge in [0.2, 0.25) is 0 Å². The number of hydrogen-bond acceptors (Lipinski definition) is 3. The molecular weight excluding hydrogens is 256 g/mol. The van der Waals surface area contributed by atoms with Gasteiger partial charge in [0, 0.05) is 18.7 Å². The molecule has 20 heavy (non-hydrogen) atoms. The van der Waals surface area contributed by atoms with Crippen LogP contribution in [0.4, 0.5) is 0 Å². The highest BCUT2D eigenvalue weighted by atomic mass is 16.4. The highest BCUT2D eigenvalue weighted by molar-refractivity contribution is 5.97. The van der Waals surface area contributed by atoms with E-state index in [9.17, 15) is 9.59 Å². The summed E-state index contributed by atoms with van der Waals surface area (Å²) in [6.45, 7) is 0. The van der Waals surface area contributed by atoms with E-state index in [2.05, 4.69) is 5.32 Å². The number of carbonyl (C=O) groups excluding carboxylic acids is 1. The molecule has 1 N–H and O–H groups in total. The smallest absolute Gasteiger partial charge is 0.408 e. The first-order valence-corrected chi connectivity index (χ1v) is 7.05. The van der Waals surface area contributed by atoms with E-state index < -0.39 is 5.76 Å². The van der Waals surface area contributed by atoms with Crippen LogP contribution < -0.4 is 11.1 Å². The molecule has 0 spiro atoms. The number of oxazole rings is 1. The Bertz CT molecular complexity index is 693. The zero-order valence-corrected chi connectivity index (χ0v) is 11.5. The number of nitrogens with zero attached hydrogens (tertiary/aromatic N) is 1. The van der Waals surface area contributed by atoms with Crippen LogP contribution >= 0.6 is 0 Å². The van der Waals surface area contributed by atoms with E-state index in [4.69, 9.17) is 4.42 Å². The predicted molar refractivity (Wildman–Crippen MR) is 75.8 cm³/mol. The molecule has 0 aliphatic heterocycles. The number of fused-ring (bicyclic) bond motifs is 1. The summed E-state index contributed by atoms with van der Waals surface area (Å²) in [5, 5.41) is 3.06. The summed E-state index contributed by atoms with van der Waals surface area (Å²) in [6, 6.07) is 5.38. The minimum absolute atomic E-state index is 0.0923. The van der Waals surface area contributed by atoms with E-state index in [-0.39, 0.29) is 11.9 Å². The van der Waals surface area contributed by atoms with Gasteiger partial charge in [-0.1, -0.05) is 19.3 Å². The molecule has 1 amide bonds. The fraction of sp³-hybridized carbons (Fsp3) is 0.467. The number of rotatable bonds is 2. The third-order valence-corrected chi connectivity index (χ3v) is 3.99. The Kier molecular flexibility index (Phi) is 3.34. The summed E-state index contributed by atoms with van der Waals surface area (Å²) in [5.41, 5.74) is 1.69. The van der Waals surface area contributed by atoms with Gasteiger partial charge in [-0.15, -0.1) is 0 Å². The molecule has 1 heterocycles. The van der Waals surface area contributed by atoms with Crippen LogP contribution in [0, 0.1) is 0 Å². The van der Waals surface area contributed by atoms with Crippen LogP contribution in [-0.4, -0.2) is 16.5 Å². The molecule has 1 saturated carbocycles. The summed E-state index contributed by atoms with van der Waals surface area (Å²) >= 11 is 0. The van der Waals surface area contributed by atoms with Crippen LogP contribution in [0.15, 0.2) is 27.4 Å². The van der Waals surface area contributed by atoms with E-state index in [1.807, 2.05) is 0 Å². The summed E-state index contributed by atoms with van der Waals surface area (Å²) in [6.07, 6.45) is 5.71. The number of hydrogen-bond donors (Lipinski definition) is 1. The van der Waals surface area contributed by atoms with Crippen LogP contribution in [0.2, 0.25) is 0 Å². The lowest BCUT2D eigenvalue weighted by Gasteiger charge is -2.22. The Morgan fingerprint density at radius 3 is 2.80 bits per heavy atom. The number of benzene rings is 1. The molecular formula is C15H18N2O3. The number of carbonyl (C=O) groups is 1. The molecule has 0 radical (unpaired) electrons. The summed E-state index contributed by atoms with van der Waals surface area (Å²) < 4.78 is 6.54. The van der Waals surface area contributed by atoms with Crippen molar-refractivity contribution in [3.8, 4) is 0 Å². The largest absolute Gasteiger partial charge is 0.419 e. The standard InChI is InChI=1S/C15H18N2O3/c1-17-12-8-7-10(9-13(12)20-15(17)19)14(18)16-11-5-3-2-4-6-11/h7-9,11H,2-6H2,1H3,(H,16,18). The second-order valence-electron chi connectivity index (χ2n) is 5.42. The van der Waals surface area contributed by atoms with Crippen LogP contribution in [0.1, 0.15) is 42.5 Å². The molecule has 3 rings (SSSR count). The van der Waals surface area contributed by atoms with Crippen molar-refractivity contribution in [3.63, 3.8) is 0 Å². The molecule has 1 aliphatic rings. The molecule has 1 aliphatic carbocycles. The van der Waals surface area contributed by atoms with Gasteiger partial charge in [0.1, 0.15) is 0 Å². The summed E-state index contributed by atoms with van der Waals surface area (Å²) in [7, 11) is 1.65. The van der Waals surface area contributed by atoms with E-state index in [1.54, 1.807) is 25.2 Å². The zero-order valence-electron chi connectivity index (χ0n) is 11.5. The van der Waals surface area contributed by atoms with Gasteiger partial charge in [0.05, 0.1) is 5.52 Å². The third-order valence-electron chi connectivity index (χ3n) is 3.99. The summed E-state index contributed by atoms with van der Waals surface area (Å²) in [4.78, 5) is 23.6. The lowest BCUT2D eigenvalue weighted by Crippen LogP contribution is -2.36. The van der Waals surface area contributed by atoms with Crippen molar-refractivity contribution in [1.82, 2.24) is 9.88 Å². The average molecular weight is 274 g/mol. The summed E-state index contributed by atoms with van der Waals surface area (Å²) in [5.74, 6) is -0.504. The highest BCUT2D eigenvalue weighted by Crippen LogP contribution is 2.19. The molecule has 1 aromatic heterocycles. The van der Waals surface area contributed by atoms with E-state index >= 15 is 0 Å². The molecule has 0 unspecified atom stereocenters. The Labute approximate surface area is 116 Å². The molecule has 0 atom stereocenters. The maximum Gasteiger partial charge on any atom is 0.419 e. The van der Waals surface area contributed by atoms with Crippen molar-refractivity contribution in [1.29, 1.82) is 0 Å². The van der Waals surface area contributed by atoms with Crippen LogP contribution in [-0.2, 0) is 7.05 Å². The second-order valence-corrected chi connectivity index (χ2v) is 5.42. The molecule has 5 nitrogen and oxygen atoms in total. The van der Waals surface area contributed by atoms with E-state index in [0.717, 1.165) is 12.8 Å². The highest BCUT2D eigenvalue weighted by Gasteiger charge is 2.17. The molecule has 2 aromatic rings. The fourth-order valence-electron chi connectivity index (χ4n) is 2.79. The van der Waals surface area contributed by atoms with Gasteiger partial charge in [-0.05, 0) is 31.0 Å². The predicted octanol–water partition coefficient (Wildman–Crippen LogP) is 2.19. The zero-order chi connectivity index (χ0) is 14.1. The number of aromatic nitrogens is 1. The monoisotopic (exact) mass is 274 g/mol. The van der Waals surface area contributed by atoms with Crippen molar-refractivity contribution in [3.05, 3.63) is 34.3 Å². The molecule has 106 valence electrons. The Balaban J connectivity index is 1.82. The maximum absolute atomic E-state index is 12.2. The molecule has 1 fully saturated rings. The maximum atomic E-state index is 12.2. The third kappa shape index (κ3) is 2.35. The van der Waals surface area contributed by atoms with Gasteiger partial charge >= 0.3 is 5.76 Å².